The van der Waals surface area contributed by atoms with Gasteiger partial charge in [0, 0.05) is 31.1 Å². The van der Waals surface area contributed by atoms with Gasteiger partial charge in [-0.2, -0.15) is 0 Å². The van der Waals surface area contributed by atoms with Gasteiger partial charge in [-0.3, -0.25) is 10.1 Å². The molecule has 1 aliphatic heterocycles. The van der Waals surface area contributed by atoms with Crippen LogP contribution in [0, 0.1) is 10.1 Å². The van der Waals surface area contributed by atoms with E-state index in [1.54, 1.807) is 6.07 Å². The number of hydrogen-bond donors (Lipinski definition) is 0. The Kier molecular flexibility index (Phi) is 5.53. The van der Waals surface area contributed by atoms with Crippen molar-refractivity contribution in [3.8, 4) is 0 Å². The molecule has 3 aromatic carbocycles. The number of rotatable bonds is 6. The topological polar surface area (TPSA) is 49.6 Å². The van der Waals surface area contributed by atoms with Crippen molar-refractivity contribution in [3.05, 3.63) is 82.4 Å². The number of benzene rings is 3. The summed E-state index contributed by atoms with van der Waals surface area (Å²) in [5.74, 6) is 0. The van der Waals surface area contributed by atoms with E-state index in [1.165, 1.54) is 12.0 Å². The number of non-ortho nitro benzene ring substituents is 1. The number of nitrogens with zero attached hydrogens (tertiary/aromatic N) is 3. The Labute approximate surface area is 165 Å². The SMILES string of the molecule is O=[N+]([O-])c1ccc(N2CCCCN2CCCc2ccccc2)c2ccccc12. The number of fused-ring (bicyclic) bond motifs is 1. The molecule has 3 aromatic rings. The van der Waals surface area contributed by atoms with Gasteiger partial charge in [0.15, 0.2) is 0 Å². The van der Waals surface area contributed by atoms with Crippen LogP contribution in [0.25, 0.3) is 10.8 Å². The lowest BCUT2D eigenvalue weighted by Crippen LogP contribution is -2.48. The Morgan fingerprint density at radius 1 is 0.857 bits per heavy atom. The lowest BCUT2D eigenvalue weighted by atomic mass is 10.1. The van der Waals surface area contributed by atoms with Gasteiger partial charge in [0.25, 0.3) is 5.69 Å². The molecule has 0 unspecified atom stereocenters. The highest BCUT2D eigenvalue weighted by Crippen LogP contribution is 2.35. The summed E-state index contributed by atoms with van der Waals surface area (Å²) in [7, 11) is 0. The molecule has 28 heavy (non-hydrogen) atoms. The van der Waals surface area contributed by atoms with Gasteiger partial charge in [0.1, 0.15) is 0 Å². The van der Waals surface area contributed by atoms with Crippen molar-refractivity contribution >= 4 is 22.1 Å². The van der Waals surface area contributed by atoms with Crippen molar-refractivity contribution in [2.75, 3.05) is 24.6 Å². The molecule has 0 radical (unpaired) electrons. The minimum absolute atomic E-state index is 0.173. The van der Waals surface area contributed by atoms with Crippen LogP contribution in [-0.2, 0) is 6.42 Å². The van der Waals surface area contributed by atoms with Crippen molar-refractivity contribution < 1.29 is 4.92 Å². The smallest absolute Gasteiger partial charge is 0.277 e. The van der Waals surface area contributed by atoms with Gasteiger partial charge in [0.2, 0.25) is 0 Å². The average Bonchev–Trinajstić information content (AvgIpc) is 2.74. The van der Waals surface area contributed by atoms with Gasteiger partial charge in [-0.15, -0.1) is 0 Å². The first-order valence-corrected chi connectivity index (χ1v) is 9.96. The van der Waals surface area contributed by atoms with Crippen LogP contribution in [0.3, 0.4) is 0 Å². The molecular weight excluding hydrogens is 350 g/mol. The molecule has 0 N–H and O–H groups in total. The fourth-order valence-corrected chi connectivity index (χ4v) is 4.09. The highest BCUT2D eigenvalue weighted by atomic mass is 16.6. The van der Waals surface area contributed by atoms with Crippen LogP contribution in [0.4, 0.5) is 11.4 Å². The summed E-state index contributed by atoms with van der Waals surface area (Å²) in [6.45, 7) is 2.97. The summed E-state index contributed by atoms with van der Waals surface area (Å²) in [6, 6.07) is 21.8. The lowest BCUT2D eigenvalue weighted by Gasteiger charge is -2.41. The molecule has 0 saturated carbocycles. The summed E-state index contributed by atoms with van der Waals surface area (Å²) < 4.78 is 0. The standard InChI is InChI=1S/C23H25N3O2/c27-26(28)23-15-14-22(20-12-4-5-13-21(20)23)25-18-7-6-16-24(25)17-8-11-19-9-2-1-3-10-19/h1-5,9-10,12-15H,6-8,11,16-18H2. The molecule has 0 spiro atoms. The fourth-order valence-electron chi connectivity index (χ4n) is 4.09. The quantitative estimate of drug-likeness (QED) is 0.439. The zero-order valence-electron chi connectivity index (χ0n) is 16.0. The summed E-state index contributed by atoms with van der Waals surface area (Å²) in [6.07, 6.45) is 4.48. The first kappa shape index (κ1) is 18.4. The molecule has 0 atom stereocenters. The van der Waals surface area contributed by atoms with Gasteiger partial charge in [-0.25, -0.2) is 5.01 Å². The van der Waals surface area contributed by atoms with E-state index in [2.05, 4.69) is 40.3 Å². The van der Waals surface area contributed by atoms with Gasteiger partial charge in [-0.1, -0.05) is 48.5 Å². The highest BCUT2D eigenvalue weighted by molar-refractivity contribution is 5.99. The maximum Gasteiger partial charge on any atom is 0.277 e. The van der Waals surface area contributed by atoms with E-state index in [-0.39, 0.29) is 10.6 Å². The molecule has 1 saturated heterocycles. The first-order valence-electron chi connectivity index (χ1n) is 9.96. The third-order valence-corrected chi connectivity index (χ3v) is 5.45. The molecule has 1 aliphatic rings. The summed E-state index contributed by atoms with van der Waals surface area (Å²) in [4.78, 5) is 11.1. The molecule has 1 fully saturated rings. The van der Waals surface area contributed by atoms with Gasteiger partial charge < -0.3 is 5.01 Å². The van der Waals surface area contributed by atoms with E-state index in [1.807, 2.05) is 30.3 Å². The second-order valence-corrected chi connectivity index (χ2v) is 7.28. The van der Waals surface area contributed by atoms with Crippen LogP contribution in [-0.4, -0.2) is 29.6 Å². The number of hydrogen-bond acceptors (Lipinski definition) is 4. The number of nitro groups is 1. The Balaban J connectivity index is 1.57. The van der Waals surface area contributed by atoms with Crippen LogP contribution in [0.1, 0.15) is 24.8 Å². The van der Waals surface area contributed by atoms with E-state index in [9.17, 15) is 10.1 Å². The second kappa shape index (κ2) is 8.40. The zero-order chi connectivity index (χ0) is 19.3. The third-order valence-electron chi connectivity index (χ3n) is 5.45. The normalized spacial score (nSPS) is 15.1. The largest absolute Gasteiger partial charge is 0.305 e. The van der Waals surface area contributed by atoms with Gasteiger partial charge in [-0.05, 0) is 43.4 Å². The Morgan fingerprint density at radius 2 is 1.57 bits per heavy atom. The van der Waals surface area contributed by atoms with E-state index < -0.39 is 0 Å². The second-order valence-electron chi connectivity index (χ2n) is 7.28. The molecule has 5 heteroatoms. The number of hydrazine groups is 1. The molecular formula is C23H25N3O2. The van der Waals surface area contributed by atoms with E-state index in [0.717, 1.165) is 50.0 Å². The number of nitro benzene ring substituents is 1. The van der Waals surface area contributed by atoms with E-state index in [0.29, 0.717) is 5.39 Å². The van der Waals surface area contributed by atoms with Gasteiger partial charge in [0.05, 0.1) is 16.0 Å². The highest BCUT2D eigenvalue weighted by Gasteiger charge is 2.23. The molecule has 0 amide bonds. The summed E-state index contributed by atoms with van der Waals surface area (Å²) in [5.41, 5.74) is 2.61. The molecule has 0 bridgehead atoms. The fraction of sp³-hybridized carbons (Fsp3) is 0.304. The predicted octanol–water partition coefficient (Wildman–Crippen LogP) is 5.20. The van der Waals surface area contributed by atoms with Crippen LogP contribution in [0.2, 0.25) is 0 Å². The molecule has 0 aromatic heterocycles. The Bertz CT molecular complexity index is 958. The Morgan fingerprint density at radius 3 is 2.36 bits per heavy atom. The number of anilines is 1. The minimum atomic E-state index is -0.292. The maximum atomic E-state index is 11.4. The van der Waals surface area contributed by atoms with Crippen LogP contribution >= 0.6 is 0 Å². The van der Waals surface area contributed by atoms with Crippen molar-refractivity contribution in [2.24, 2.45) is 0 Å². The van der Waals surface area contributed by atoms with Crippen molar-refractivity contribution in [3.63, 3.8) is 0 Å². The molecule has 0 aliphatic carbocycles. The molecule has 4 rings (SSSR count). The van der Waals surface area contributed by atoms with Gasteiger partial charge >= 0.3 is 0 Å². The van der Waals surface area contributed by atoms with Crippen LogP contribution < -0.4 is 5.01 Å². The third kappa shape index (κ3) is 3.85. The minimum Gasteiger partial charge on any atom is -0.305 e. The lowest BCUT2D eigenvalue weighted by molar-refractivity contribution is -0.383. The maximum absolute atomic E-state index is 11.4. The van der Waals surface area contributed by atoms with Crippen molar-refractivity contribution in [1.82, 2.24) is 5.01 Å². The van der Waals surface area contributed by atoms with Crippen molar-refractivity contribution in [1.29, 1.82) is 0 Å². The monoisotopic (exact) mass is 375 g/mol. The van der Waals surface area contributed by atoms with E-state index in [4.69, 9.17) is 0 Å². The van der Waals surface area contributed by atoms with Crippen LogP contribution in [0.15, 0.2) is 66.7 Å². The first-order chi connectivity index (χ1) is 13.7. The van der Waals surface area contributed by atoms with Crippen LogP contribution in [0.5, 0.6) is 0 Å². The average molecular weight is 375 g/mol. The zero-order valence-corrected chi connectivity index (χ0v) is 16.0. The summed E-state index contributed by atoms with van der Waals surface area (Å²) in [5, 5.41) is 17.8. The number of aryl methyl sites for hydroxylation is 1. The summed E-state index contributed by atoms with van der Waals surface area (Å²) >= 11 is 0. The molecule has 1 heterocycles. The molecule has 5 nitrogen and oxygen atoms in total. The molecule has 144 valence electrons. The Hall–Kier alpha value is -2.92. The predicted molar refractivity (Wildman–Crippen MR) is 114 cm³/mol. The van der Waals surface area contributed by atoms with E-state index >= 15 is 0 Å². The van der Waals surface area contributed by atoms with Crippen molar-refractivity contribution in [2.45, 2.75) is 25.7 Å².